The van der Waals surface area contributed by atoms with Crippen molar-refractivity contribution in [3.8, 4) is 5.75 Å². The lowest BCUT2D eigenvalue weighted by atomic mass is 10.1. The first-order valence-corrected chi connectivity index (χ1v) is 7.55. The number of fused-ring (bicyclic) bond motifs is 1. The first kappa shape index (κ1) is 15.3. The summed E-state index contributed by atoms with van der Waals surface area (Å²) < 4.78 is 11.8. The molecule has 0 saturated carbocycles. The summed E-state index contributed by atoms with van der Waals surface area (Å²) in [4.78, 5) is 13.5. The van der Waals surface area contributed by atoms with E-state index in [1.165, 1.54) is 12.7 Å². The molecule has 1 heterocycles. The van der Waals surface area contributed by atoms with Crippen LogP contribution in [-0.4, -0.2) is 43.2 Å². The van der Waals surface area contributed by atoms with Crippen LogP contribution >= 0.6 is 15.9 Å². The Hall–Kier alpha value is -1.07. The number of carbonyl (C=O) groups excluding carboxylic acids is 1. The molecule has 0 spiro atoms. The molecule has 4 nitrogen and oxygen atoms in total. The normalized spacial score (nSPS) is 17.2. The minimum atomic E-state index is -0.211. The van der Waals surface area contributed by atoms with Gasteiger partial charge in [-0.3, -0.25) is 9.69 Å². The van der Waals surface area contributed by atoms with Gasteiger partial charge in [-0.05, 0) is 37.6 Å². The van der Waals surface area contributed by atoms with Crippen LogP contribution in [0.5, 0.6) is 5.75 Å². The molecule has 0 amide bonds. The van der Waals surface area contributed by atoms with Crippen molar-refractivity contribution in [3.05, 3.63) is 28.2 Å². The summed E-state index contributed by atoms with van der Waals surface area (Å²) >= 11 is 3.47. The Balaban J connectivity index is 1.98. The molecule has 0 aromatic heterocycles. The standard InChI is InChI=1S/C15H20BrNO3/c1-10(2)17(9-15(18)19-3)8-13-7-11-6-12(16)4-5-14(11)20-13/h4-6,10,13H,7-9H2,1-3H3. The van der Waals surface area contributed by atoms with Gasteiger partial charge in [-0.1, -0.05) is 15.9 Å². The van der Waals surface area contributed by atoms with Crippen LogP contribution in [0.2, 0.25) is 0 Å². The molecule has 110 valence electrons. The van der Waals surface area contributed by atoms with Gasteiger partial charge in [0, 0.05) is 23.5 Å². The van der Waals surface area contributed by atoms with E-state index < -0.39 is 0 Å². The molecule has 5 heteroatoms. The Kier molecular flexibility index (Phi) is 5.05. The number of carbonyl (C=O) groups is 1. The number of ether oxygens (including phenoxy) is 2. The SMILES string of the molecule is COC(=O)CN(CC1Cc2cc(Br)ccc2O1)C(C)C. The lowest BCUT2D eigenvalue weighted by Gasteiger charge is -2.27. The number of hydrogen-bond donors (Lipinski definition) is 0. The van der Waals surface area contributed by atoms with Crippen molar-refractivity contribution in [2.24, 2.45) is 0 Å². The van der Waals surface area contributed by atoms with Crippen molar-refractivity contribution in [2.45, 2.75) is 32.4 Å². The largest absolute Gasteiger partial charge is 0.488 e. The van der Waals surface area contributed by atoms with E-state index >= 15 is 0 Å². The van der Waals surface area contributed by atoms with Crippen LogP contribution in [0.4, 0.5) is 0 Å². The van der Waals surface area contributed by atoms with Gasteiger partial charge in [-0.2, -0.15) is 0 Å². The Morgan fingerprint density at radius 1 is 1.55 bits per heavy atom. The predicted molar refractivity (Wildman–Crippen MR) is 81.0 cm³/mol. The molecule has 0 saturated heterocycles. The van der Waals surface area contributed by atoms with Gasteiger partial charge >= 0.3 is 5.97 Å². The highest BCUT2D eigenvalue weighted by molar-refractivity contribution is 9.10. The van der Waals surface area contributed by atoms with Crippen molar-refractivity contribution in [3.63, 3.8) is 0 Å². The van der Waals surface area contributed by atoms with Crippen molar-refractivity contribution in [2.75, 3.05) is 20.2 Å². The van der Waals surface area contributed by atoms with E-state index in [9.17, 15) is 4.79 Å². The second-order valence-electron chi connectivity index (χ2n) is 5.30. The highest BCUT2D eigenvalue weighted by Crippen LogP contribution is 2.31. The van der Waals surface area contributed by atoms with Gasteiger partial charge in [0.15, 0.2) is 0 Å². The number of hydrogen-bond acceptors (Lipinski definition) is 4. The van der Waals surface area contributed by atoms with Gasteiger partial charge in [0.2, 0.25) is 0 Å². The van der Waals surface area contributed by atoms with Crippen LogP contribution in [0.25, 0.3) is 0 Å². The smallest absolute Gasteiger partial charge is 0.319 e. The molecule has 20 heavy (non-hydrogen) atoms. The zero-order valence-corrected chi connectivity index (χ0v) is 13.6. The van der Waals surface area contributed by atoms with Gasteiger partial charge in [-0.15, -0.1) is 0 Å². The molecule has 0 N–H and O–H groups in total. The van der Waals surface area contributed by atoms with E-state index in [1.807, 2.05) is 12.1 Å². The summed E-state index contributed by atoms with van der Waals surface area (Å²) in [5.41, 5.74) is 1.21. The molecule has 0 fully saturated rings. The molecule has 1 aliphatic heterocycles. The van der Waals surface area contributed by atoms with Gasteiger partial charge < -0.3 is 9.47 Å². The topological polar surface area (TPSA) is 38.8 Å². The first-order chi connectivity index (χ1) is 9.49. The molecule has 1 aromatic rings. The third-order valence-electron chi connectivity index (χ3n) is 3.49. The highest BCUT2D eigenvalue weighted by Gasteiger charge is 2.27. The lowest BCUT2D eigenvalue weighted by molar-refractivity contribution is -0.142. The van der Waals surface area contributed by atoms with Crippen molar-refractivity contribution >= 4 is 21.9 Å². The van der Waals surface area contributed by atoms with Crippen LogP contribution in [0.1, 0.15) is 19.4 Å². The lowest BCUT2D eigenvalue weighted by Crippen LogP contribution is -2.42. The average Bonchev–Trinajstić information content (AvgIpc) is 2.79. The van der Waals surface area contributed by atoms with E-state index in [4.69, 9.17) is 9.47 Å². The maximum Gasteiger partial charge on any atom is 0.319 e. The molecule has 1 atom stereocenters. The summed E-state index contributed by atoms with van der Waals surface area (Å²) in [7, 11) is 1.42. The molecular formula is C15H20BrNO3. The third-order valence-corrected chi connectivity index (χ3v) is 3.99. The fourth-order valence-electron chi connectivity index (χ4n) is 2.34. The van der Waals surface area contributed by atoms with Crippen LogP contribution in [0, 0.1) is 0 Å². The van der Waals surface area contributed by atoms with E-state index in [-0.39, 0.29) is 18.1 Å². The Morgan fingerprint density at radius 3 is 2.95 bits per heavy atom. The Bertz CT molecular complexity index is 490. The summed E-state index contributed by atoms with van der Waals surface area (Å²) in [5.74, 6) is 0.733. The molecule has 2 rings (SSSR count). The van der Waals surface area contributed by atoms with Crippen LogP contribution < -0.4 is 4.74 Å². The molecule has 1 aromatic carbocycles. The quantitative estimate of drug-likeness (QED) is 0.771. The van der Waals surface area contributed by atoms with Gasteiger partial charge in [0.25, 0.3) is 0 Å². The van der Waals surface area contributed by atoms with E-state index in [2.05, 4.69) is 40.7 Å². The molecule has 1 aliphatic rings. The minimum absolute atomic E-state index is 0.0892. The Labute approximate surface area is 128 Å². The number of benzene rings is 1. The highest BCUT2D eigenvalue weighted by atomic mass is 79.9. The summed E-state index contributed by atoms with van der Waals surface area (Å²) in [6.07, 6.45) is 0.963. The zero-order valence-electron chi connectivity index (χ0n) is 12.1. The van der Waals surface area contributed by atoms with Crippen LogP contribution in [-0.2, 0) is 16.0 Å². The van der Waals surface area contributed by atoms with Crippen LogP contribution in [0.15, 0.2) is 22.7 Å². The fourth-order valence-corrected chi connectivity index (χ4v) is 2.75. The predicted octanol–water partition coefficient (Wildman–Crippen LogP) is 2.64. The van der Waals surface area contributed by atoms with Gasteiger partial charge in [0.1, 0.15) is 11.9 Å². The number of methoxy groups -OCH3 is 1. The zero-order chi connectivity index (χ0) is 14.7. The molecular weight excluding hydrogens is 322 g/mol. The molecule has 0 bridgehead atoms. The summed E-state index contributed by atoms with van der Waals surface area (Å²) in [5, 5.41) is 0. The number of halogens is 1. The van der Waals surface area contributed by atoms with Gasteiger partial charge in [-0.25, -0.2) is 0 Å². The second kappa shape index (κ2) is 6.59. The maximum atomic E-state index is 11.5. The monoisotopic (exact) mass is 341 g/mol. The minimum Gasteiger partial charge on any atom is -0.488 e. The first-order valence-electron chi connectivity index (χ1n) is 6.75. The third kappa shape index (κ3) is 3.73. The molecule has 0 aliphatic carbocycles. The van der Waals surface area contributed by atoms with E-state index in [0.29, 0.717) is 6.54 Å². The van der Waals surface area contributed by atoms with Crippen LogP contribution in [0.3, 0.4) is 0 Å². The average molecular weight is 342 g/mol. The Morgan fingerprint density at radius 2 is 2.30 bits per heavy atom. The van der Waals surface area contributed by atoms with Crippen molar-refractivity contribution in [1.29, 1.82) is 0 Å². The fraction of sp³-hybridized carbons (Fsp3) is 0.533. The maximum absolute atomic E-state index is 11.5. The van der Waals surface area contributed by atoms with Crippen molar-refractivity contribution < 1.29 is 14.3 Å². The van der Waals surface area contributed by atoms with Crippen molar-refractivity contribution in [1.82, 2.24) is 4.90 Å². The second-order valence-corrected chi connectivity index (χ2v) is 6.21. The number of esters is 1. The van der Waals surface area contributed by atoms with E-state index in [1.54, 1.807) is 0 Å². The number of nitrogens with zero attached hydrogens (tertiary/aromatic N) is 1. The summed E-state index contributed by atoms with van der Waals surface area (Å²) in [6.45, 7) is 5.16. The summed E-state index contributed by atoms with van der Waals surface area (Å²) in [6, 6.07) is 6.33. The molecule has 1 unspecified atom stereocenters. The molecule has 0 radical (unpaired) electrons. The number of rotatable bonds is 5. The van der Waals surface area contributed by atoms with Gasteiger partial charge in [0.05, 0.1) is 13.7 Å². The van der Waals surface area contributed by atoms with E-state index in [0.717, 1.165) is 23.2 Å².